The van der Waals surface area contributed by atoms with E-state index in [9.17, 15) is 4.39 Å². The highest BCUT2D eigenvalue weighted by Crippen LogP contribution is 2.19. The van der Waals surface area contributed by atoms with E-state index in [-0.39, 0.29) is 11.9 Å². The molecule has 8 heteroatoms. The van der Waals surface area contributed by atoms with E-state index >= 15 is 0 Å². The van der Waals surface area contributed by atoms with Gasteiger partial charge in [-0.3, -0.25) is 0 Å². The third kappa shape index (κ3) is 3.01. The minimum atomic E-state index is -0.236. The molecule has 2 heterocycles. The molecule has 3 aromatic rings. The summed E-state index contributed by atoms with van der Waals surface area (Å²) in [7, 11) is 3.96. The molecule has 0 radical (unpaired) electrons. The van der Waals surface area contributed by atoms with E-state index in [0.29, 0.717) is 18.0 Å². The van der Waals surface area contributed by atoms with E-state index in [1.165, 1.54) is 16.8 Å². The van der Waals surface area contributed by atoms with Gasteiger partial charge < -0.3 is 10.2 Å². The molecule has 0 amide bonds. The van der Waals surface area contributed by atoms with Gasteiger partial charge >= 0.3 is 0 Å². The molecule has 0 spiro atoms. The molecule has 0 aliphatic rings. The van der Waals surface area contributed by atoms with Crippen molar-refractivity contribution in [1.29, 1.82) is 0 Å². The van der Waals surface area contributed by atoms with Crippen LogP contribution in [0.5, 0.6) is 0 Å². The highest BCUT2D eigenvalue weighted by molar-refractivity contribution is 5.42. The van der Waals surface area contributed by atoms with Gasteiger partial charge in [-0.1, -0.05) is 12.1 Å². The fourth-order valence-electron chi connectivity index (χ4n) is 2.23. The molecule has 2 aromatic heterocycles. The van der Waals surface area contributed by atoms with E-state index in [2.05, 4.69) is 30.8 Å². The Morgan fingerprint density at radius 2 is 1.95 bits per heavy atom. The number of likely N-dealkylation sites (N-methyl/N-ethyl adjacent to an activating group) is 1. The van der Waals surface area contributed by atoms with Gasteiger partial charge in [0.2, 0.25) is 0 Å². The zero-order valence-electron chi connectivity index (χ0n) is 12.3. The number of fused-ring (bicyclic) bond motifs is 1. The minimum absolute atomic E-state index is 0.0898. The average molecular weight is 301 g/mol. The summed E-state index contributed by atoms with van der Waals surface area (Å²) < 4.78 is 14.4. The molecule has 0 aliphatic heterocycles. The van der Waals surface area contributed by atoms with Crippen LogP contribution in [-0.2, 0) is 0 Å². The second-order valence-electron chi connectivity index (χ2n) is 5.16. The molecule has 1 N–H and O–H groups in total. The van der Waals surface area contributed by atoms with Crippen LogP contribution in [0.25, 0.3) is 5.65 Å². The SMILES string of the molecule is CN(C)C(CNc1ccc2nnnn2n1)c1ccc(F)cc1. The van der Waals surface area contributed by atoms with Crippen LogP contribution in [0.2, 0.25) is 0 Å². The monoisotopic (exact) mass is 301 g/mol. The van der Waals surface area contributed by atoms with Gasteiger partial charge in [0.1, 0.15) is 11.6 Å². The van der Waals surface area contributed by atoms with Crippen molar-refractivity contribution in [3.8, 4) is 0 Å². The summed E-state index contributed by atoms with van der Waals surface area (Å²) in [5, 5.41) is 18.6. The van der Waals surface area contributed by atoms with Gasteiger partial charge in [-0.25, -0.2) is 4.39 Å². The first kappa shape index (κ1) is 14.3. The highest BCUT2D eigenvalue weighted by atomic mass is 19.1. The van der Waals surface area contributed by atoms with Crippen molar-refractivity contribution < 1.29 is 4.39 Å². The van der Waals surface area contributed by atoms with Gasteiger partial charge in [-0.2, -0.15) is 0 Å². The van der Waals surface area contributed by atoms with E-state index < -0.39 is 0 Å². The number of tetrazole rings is 1. The van der Waals surface area contributed by atoms with Crippen molar-refractivity contribution in [3.63, 3.8) is 0 Å². The predicted octanol–water partition coefficient (Wildman–Crippen LogP) is 1.37. The summed E-state index contributed by atoms with van der Waals surface area (Å²) in [6.45, 7) is 0.624. The lowest BCUT2D eigenvalue weighted by Gasteiger charge is -2.25. The maximum atomic E-state index is 13.1. The molecule has 0 saturated heterocycles. The zero-order chi connectivity index (χ0) is 15.5. The number of nitrogens with one attached hydrogen (secondary N) is 1. The van der Waals surface area contributed by atoms with Crippen molar-refractivity contribution >= 4 is 11.5 Å². The Labute approximate surface area is 126 Å². The van der Waals surface area contributed by atoms with Gasteiger partial charge in [0, 0.05) is 6.54 Å². The molecule has 0 saturated carbocycles. The Morgan fingerprint density at radius 1 is 1.18 bits per heavy atom. The maximum absolute atomic E-state index is 13.1. The van der Waals surface area contributed by atoms with Gasteiger partial charge in [0.15, 0.2) is 5.65 Å². The number of benzene rings is 1. The number of nitrogens with zero attached hydrogens (tertiary/aromatic N) is 6. The van der Waals surface area contributed by atoms with E-state index in [1.54, 1.807) is 18.2 Å². The van der Waals surface area contributed by atoms with Gasteiger partial charge in [0.05, 0.1) is 6.04 Å². The molecule has 1 unspecified atom stereocenters. The van der Waals surface area contributed by atoms with Crippen LogP contribution in [-0.4, -0.2) is 50.8 Å². The Hall–Kier alpha value is -2.61. The van der Waals surface area contributed by atoms with E-state index in [4.69, 9.17) is 0 Å². The minimum Gasteiger partial charge on any atom is -0.367 e. The largest absolute Gasteiger partial charge is 0.367 e. The van der Waals surface area contributed by atoms with Crippen LogP contribution in [0.4, 0.5) is 10.2 Å². The number of halogens is 1. The summed E-state index contributed by atoms with van der Waals surface area (Å²) in [4.78, 5) is 2.07. The lowest BCUT2D eigenvalue weighted by Crippen LogP contribution is -2.27. The van der Waals surface area contributed by atoms with Crippen molar-refractivity contribution in [2.75, 3.05) is 26.0 Å². The van der Waals surface area contributed by atoms with E-state index in [0.717, 1.165) is 5.56 Å². The Balaban J connectivity index is 1.75. The maximum Gasteiger partial charge on any atom is 0.200 e. The topological polar surface area (TPSA) is 71.2 Å². The van der Waals surface area contributed by atoms with Gasteiger partial charge in [0.25, 0.3) is 0 Å². The molecular formula is C14H16FN7. The normalized spacial score (nSPS) is 12.7. The average Bonchev–Trinajstić information content (AvgIpc) is 2.96. The van der Waals surface area contributed by atoms with Crippen molar-refractivity contribution in [3.05, 3.63) is 47.8 Å². The second kappa shape index (κ2) is 6.02. The number of rotatable bonds is 5. The molecule has 0 fully saturated rings. The number of aromatic nitrogens is 5. The summed E-state index contributed by atoms with van der Waals surface area (Å²) in [6.07, 6.45) is 0. The fourth-order valence-corrected chi connectivity index (χ4v) is 2.23. The molecule has 1 aromatic carbocycles. The zero-order valence-corrected chi connectivity index (χ0v) is 12.3. The highest BCUT2D eigenvalue weighted by Gasteiger charge is 2.14. The standard InChI is InChI=1S/C14H16FN7/c1-21(2)12(10-3-5-11(15)6-4-10)9-16-13-7-8-14-17-19-20-22(14)18-13/h3-8,12H,9H2,1-2H3,(H,16,18). The number of hydrogen-bond donors (Lipinski definition) is 1. The van der Waals surface area contributed by atoms with Crippen molar-refractivity contribution in [2.24, 2.45) is 0 Å². The van der Waals surface area contributed by atoms with Crippen LogP contribution < -0.4 is 5.32 Å². The first-order chi connectivity index (χ1) is 10.6. The third-order valence-corrected chi connectivity index (χ3v) is 3.42. The van der Waals surface area contributed by atoms with Crippen LogP contribution in [0.3, 0.4) is 0 Å². The predicted molar refractivity (Wildman–Crippen MR) is 79.9 cm³/mol. The summed E-state index contributed by atoms with van der Waals surface area (Å²) >= 11 is 0. The molecule has 22 heavy (non-hydrogen) atoms. The summed E-state index contributed by atoms with van der Waals surface area (Å²) in [6, 6.07) is 10.2. The van der Waals surface area contributed by atoms with E-state index in [1.807, 2.05) is 20.2 Å². The lowest BCUT2D eigenvalue weighted by atomic mass is 10.1. The first-order valence-electron chi connectivity index (χ1n) is 6.84. The van der Waals surface area contributed by atoms with Crippen LogP contribution in [0.15, 0.2) is 36.4 Å². The first-order valence-corrected chi connectivity index (χ1v) is 6.84. The van der Waals surface area contributed by atoms with Crippen LogP contribution in [0, 0.1) is 5.82 Å². The molecule has 114 valence electrons. The lowest BCUT2D eigenvalue weighted by molar-refractivity contribution is 0.311. The van der Waals surface area contributed by atoms with Gasteiger partial charge in [-0.05, 0) is 54.4 Å². The molecule has 3 rings (SSSR count). The molecule has 0 bridgehead atoms. The fraction of sp³-hybridized carbons (Fsp3) is 0.286. The van der Waals surface area contributed by atoms with Crippen molar-refractivity contribution in [2.45, 2.75) is 6.04 Å². The quantitative estimate of drug-likeness (QED) is 0.767. The molecule has 7 nitrogen and oxygen atoms in total. The number of hydrogen-bond acceptors (Lipinski definition) is 6. The van der Waals surface area contributed by atoms with Crippen LogP contribution in [0.1, 0.15) is 11.6 Å². The summed E-state index contributed by atoms with van der Waals surface area (Å²) in [5.41, 5.74) is 1.62. The van der Waals surface area contributed by atoms with Crippen LogP contribution >= 0.6 is 0 Å². The Bertz CT molecular complexity index is 753. The van der Waals surface area contributed by atoms with Crippen molar-refractivity contribution in [1.82, 2.24) is 30.2 Å². The second-order valence-corrected chi connectivity index (χ2v) is 5.16. The third-order valence-electron chi connectivity index (χ3n) is 3.42. The summed E-state index contributed by atoms with van der Waals surface area (Å²) in [5.74, 6) is 0.439. The Kier molecular flexibility index (Phi) is 3.92. The number of anilines is 1. The Morgan fingerprint density at radius 3 is 2.68 bits per heavy atom. The van der Waals surface area contributed by atoms with Gasteiger partial charge in [-0.15, -0.1) is 14.8 Å². The molecule has 0 aliphatic carbocycles. The smallest absolute Gasteiger partial charge is 0.200 e. The molecular weight excluding hydrogens is 285 g/mol. The molecule has 1 atom stereocenters.